The lowest BCUT2D eigenvalue weighted by Gasteiger charge is -2.22. The second-order valence-electron chi connectivity index (χ2n) is 4.78. The largest absolute Gasteiger partial charge is 0.477 e. The average Bonchev–Trinajstić information content (AvgIpc) is 2.46. The Kier molecular flexibility index (Phi) is 5.00. The molecule has 114 valence electrons. The molecule has 0 aromatic heterocycles. The minimum Gasteiger partial charge on any atom is -0.477 e. The van der Waals surface area contributed by atoms with Crippen molar-refractivity contribution in [2.24, 2.45) is 0 Å². The normalized spacial score (nSPS) is 18.2. The van der Waals surface area contributed by atoms with Gasteiger partial charge in [-0.25, -0.2) is 9.18 Å². The van der Waals surface area contributed by atoms with Gasteiger partial charge in [-0.3, -0.25) is 10.1 Å². The summed E-state index contributed by atoms with van der Waals surface area (Å²) in [5.74, 6) is -1.19. The first kappa shape index (κ1) is 15.6. The Bertz CT molecular complexity index is 561. The minimum atomic E-state index is -1.45. The maximum absolute atomic E-state index is 13.8. The van der Waals surface area contributed by atoms with Gasteiger partial charge >= 0.3 is 5.97 Å². The Balaban J connectivity index is 2.17. The Hall–Kier alpha value is -1.83. The van der Waals surface area contributed by atoms with E-state index in [1.165, 1.54) is 6.42 Å². The molecule has 1 atom stereocenters. The van der Waals surface area contributed by atoms with Gasteiger partial charge in [0, 0.05) is 11.8 Å². The van der Waals surface area contributed by atoms with Crippen LogP contribution in [0.15, 0.2) is 12.1 Å². The number of nitro groups is 1. The van der Waals surface area contributed by atoms with Crippen molar-refractivity contribution in [2.45, 2.75) is 24.5 Å². The number of aromatic carboxylic acids is 1. The van der Waals surface area contributed by atoms with Gasteiger partial charge < -0.3 is 10.4 Å². The molecule has 0 aliphatic carbocycles. The van der Waals surface area contributed by atoms with Gasteiger partial charge in [-0.2, -0.15) is 11.8 Å². The van der Waals surface area contributed by atoms with Crippen molar-refractivity contribution in [3.63, 3.8) is 0 Å². The van der Waals surface area contributed by atoms with E-state index >= 15 is 0 Å². The van der Waals surface area contributed by atoms with Crippen LogP contribution in [0.4, 0.5) is 15.8 Å². The van der Waals surface area contributed by atoms with Gasteiger partial charge in [0.05, 0.1) is 16.7 Å². The highest BCUT2D eigenvalue weighted by molar-refractivity contribution is 7.99. The molecule has 2 N–H and O–H groups in total. The van der Waals surface area contributed by atoms with E-state index in [-0.39, 0.29) is 5.69 Å². The molecule has 0 radical (unpaired) electrons. The van der Waals surface area contributed by atoms with E-state index in [9.17, 15) is 19.3 Å². The standard InChI is InChI=1S/C13H15FN2O4S/c14-10-6-12(16(19)20)9(13(17)18)5-11(10)15-7-8-3-1-2-4-21-8/h5-6,8,15H,1-4,7H2,(H,17,18). The Morgan fingerprint density at radius 1 is 1.52 bits per heavy atom. The fourth-order valence-electron chi connectivity index (χ4n) is 2.21. The minimum absolute atomic E-state index is 0.0100. The third-order valence-corrected chi connectivity index (χ3v) is 4.70. The predicted octanol–water partition coefficient (Wildman–Crippen LogP) is 3.13. The van der Waals surface area contributed by atoms with Crippen LogP contribution in [0.1, 0.15) is 29.6 Å². The van der Waals surface area contributed by atoms with E-state index < -0.39 is 28.0 Å². The number of nitro benzene ring substituents is 1. The molecule has 1 saturated heterocycles. The molecule has 1 heterocycles. The van der Waals surface area contributed by atoms with E-state index in [0.717, 1.165) is 24.7 Å². The number of rotatable bonds is 5. The van der Waals surface area contributed by atoms with Crippen LogP contribution >= 0.6 is 11.8 Å². The van der Waals surface area contributed by atoms with E-state index in [2.05, 4.69) is 5.32 Å². The summed E-state index contributed by atoms with van der Waals surface area (Å²) >= 11 is 1.80. The van der Waals surface area contributed by atoms with Crippen LogP contribution in [-0.2, 0) is 0 Å². The number of anilines is 1. The average molecular weight is 314 g/mol. The fraction of sp³-hybridized carbons (Fsp3) is 0.462. The molecule has 6 nitrogen and oxygen atoms in total. The number of nitrogens with zero attached hydrogens (tertiary/aromatic N) is 1. The maximum Gasteiger partial charge on any atom is 0.342 e. The monoisotopic (exact) mass is 314 g/mol. The SMILES string of the molecule is O=C(O)c1cc(NCC2CCCCS2)c(F)cc1[N+](=O)[O-]. The van der Waals surface area contributed by atoms with Crippen LogP contribution in [0.25, 0.3) is 0 Å². The summed E-state index contributed by atoms with van der Waals surface area (Å²) in [5, 5.41) is 22.9. The zero-order valence-electron chi connectivity index (χ0n) is 11.2. The van der Waals surface area contributed by atoms with E-state index in [4.69, 9.17) is 5.11 Å². The molecule has 1 fully saturated rings. The van der Waals surface area contributed by atoms with Crippen molar-refractivity contribution in [3.05, 3.63) is 33.6 Å². The molecule has 0 spiro atoms. The Labute approximate surface area is 124 Å². The summed E-state index contributed by atoms with van der Waals surface area (Å²) < 4.78 is 13.8. The highest BCUT2D eigenvalue weighted by atomic mass is 32.2. The third kappa shape index (κ3) is 3.84. The van der Waals surface area contributed by atoms with Gasteiger partial charge in [0.2, 0.25) is 0 Å². The number of carboxylic acid groups (broad SMARTS) is 1. The lowest BCUT2D eigenvalue weighted by molar-refractivity contribution is -0.385. The Morgan fingerprint density at radius 3 is 2.86 bits per heavy atom. The first-order valence-corrected chi connectivity index (χ1v) is 7.60. The third-order valence-electron chi connectivity index (χ3n) is 3.31. The number of carbonyl (C=O) groups is 1. The molecule has 0 saturated carbocycles. The molecule has 1 aliphatic rings. The Morgan fingerprint density at radius 2 is 2.29 bits per heavy atom. The van der Waals surface area contributed by atoms with Crippen LogP contribution in [-0.4, -0.2) is 33.5 Å². The molecular formula is C13H15FN2O4S. The van der Waals surface area contributed by atoms with Gasteiger partial charge in [0.1, 0.15) is 5.56 Å². The van der Waals surface area contributed by atoms with Crippen LogP contribution < -0.4 is 5.32 Å². The predicted molar refractivity (Wildman–Crippen MR) is 78.6 cm³/mol. The molecular weight excluding hydrogens is 299 g/mol. The van der Waals surface area contributed by atoms with Gasteiger partial charge in [-0.15, -0.1) is 0 Å². The topological polar surface area (TPSA) is 92.5 Å². The van der Waals surface area contributed by atoms with E-state index in [1.54, 1.807) is 11.8 Å². The molecule has 21 heavy (non-hydrogen) atoms. The van der Waals surface area contributed by atoms with E-state index in [0.29, 0.717) is 17.9 Å². The fourth-order valence-corrected chi connectivity index (χ4v) is 3.45. The number of benzene rings is 1. The van der Waals surface area contributed by atoms with Crippen LogP contribution in [0.5, 0.6) is 0 Å². The van der Waals surface area contributed by atoms with Gasteiger partial charge in [0.15, 0.2) is 5.82 Å². The quantitative estimate of drug-likeness (QED) is 0.641. The smallest absolute Gasteiger partial charge is 0.342 e. The van der Waals surface area contributed by atoms with Crippen molar-refractivity contribution < 1.29 is 19.2 Å². The number of hydrogen-bond acceptors (Lipinski definition) is 5. The summed E-state index contributed by atoms with van der Waals surface area (Å²) in [6.07, 6.45) is 3.33. The zero-order chi connectivity index (χ0) is 15.4. The zero-order valence-corrected chi connectivity index (χ0v) is 12.0. The molecule has 1 aromatic rings. The molecule has 8 heteroatoms. The molecule has 1 aromatic carbocycles. The molecule has 1 unspecified atom stereocenters. The van der Waals surface area contributed by atoms with Crippen molar-refractivity contribution in [3.8, 4) is 0 Å². The van der Waals surface area contributed by atoms with Crippen molar-refractivity contribution in [2.75, 3.05) is 17.6 Å². The van der Waals surface area contributed by atoms with Crippen molar-refractivity contribution >= 4 is 29.1 Å². The number of halogens is 1. The summed E-state index contributed by atoms with van der Waals surface area (Å²) in [7, 11) is 0. The number of hydrogen-bond donors (Lipinski definition) is 2. The first-order chi connectivity index (χ1) is 9.99. The summed E-state index contributed by atoms with van der Waals surface area (Å²) in [6.45, 7) is 0.512. The summed E-state index contributed by atoms with van der Waals surface area (Å²) in [5.41, 5.74) is -1.26. The second kappa shape index (κ2) is 6.75. The molecule has 2 rings (SSSR count). The van der Waals surface area contributed by atoms with Crippen molar-refractivity contribution in [1.29, 1.82) is 0 Å². The lowest BCUT2D eigenvalue weighted by atomic mass is 10.1. The molecule has 0 bridgehead atoms. The number of nitrogens with one attached hydrogen (secondary N) is 1. The number of thioether (sulfide) groups is 1. The van der Waals surface area contributed by atoms with Gasteiger partial charge in [-0.05, 0) is 24.7 Å². The molecule has 0 amide bonds. The molecule has 1 aliphatic heterocycles. The maximum atomic E-state index is 13.8. The summed E-state index contributed by atoms with van der Waals surface area (Å²) in [4.78, 5) is 20.9. The first-order valence-electron chi connectivity index (χ1n) is 6.55. The lowest BCUT2D eigenvalue weighted by Crippen LogP contribution is -2.20. The summed E-state index contributed by atoms with van der Waals surface area (Å²) in [6, 6.07) is 1.64. The van der Waals surface area contributed by atoms with Gasteiger partial charge in [-0.1, -0.05) is 6.42 Å². The number of carboxylic acids is 1. The van der Waals surface area contributed by atoms with Gasteiger partial charge in [0.25, 0.3) is 5.69 Å². The van der Waals surface area contributed by atoms with E-state index in [1.807, 2.05) is 0 Å². The van der Waals surface area contributed by atoms with Crippen LogP contribution in [0.2, 0.25) is 0 Å². The van der Waals surface area contributed by atoms with Crippen LogP contribution in [0.3, 0.4) is 0 Å². The van der Waals surface area contributed by atoms with Crippen LogP contribution in [0, 0.1) is 15.9 Å². The highest BCUT2D eigenvalue weighted by Crippen LogP contribution is 2.28. The second-order valence-corrected chi connectivity index (χ2v) is 6.19. The highest BCUT2D eigenvalue weighted by Gasteiger charge is 2.23. The van der Waals surface area contributed by atoms with Crippen molar-refractivity contribution in [1.82, 2.24) is 0 Å².